The van der Waals surface area contributed by atoms with Crippen LogP contribution in [0.4, 0.5) is 5.69 Å². The second-order valence-corrected chi connectivity index (χ2v) is 6.45. The number of likely N-dealkylation sites (tertiary alicyclic amines) is 1. The van der Waals surface area contributed by atoms with Crippen LogP contribution >= 0.6 is 0 Å². The number of carbonyl (C=O) groups is 1. The fourth-order valence-electron chi connectivity index (χ4n) is 3.13. The van der Waals surface area contributed by atoms with E-state index in [0.717, 1.165) is 50.1 Å². The number of rotatable bonds is 5. The molecule has 1 aliphatic rings. The third kappa shape index (κ3) is 4.59. The molecule has 1 heterocycles. The van der Waals surface area contributed by atoms with E-state index in [4.69, 9.17) is 5.73 Å². The van der Waals surface area contributed by atoms with E-state index in [9.17, 15) is 4.79 Å². The Kier molecular flexibility index (Phi) is 5.49. The lowest BCUT2D eigenvalue weighted by Crippen LogP contribution is -2.45. The topological polar surface area (TPSA) is 58.4 Å². The van der Waals surface area contributed by atoms with Crippen molar-refractivity contribution >= 4 is 11.6 Å². The van der Waals surface area contributed by atoms with Crippen molar-refractivity contribution in [1.29, 1.82) is 0 Å². The van der Waals surface area contributed by atoms with Gasteiger partial charge in [0.1, 0.15) is 0 Å². The first kappa shape index (κ1) is 16.5. The van der Waals surface area contributed by atoms with Gasteiger partial charge in [0.15, 0.2) is 0 Å². The van der Waals surface area contributed by atoms with Gasteiger partial charge >= 0.3 is 0 Å². The summed E-state index contributed by atoms with van der Waals surface area (Å²) in [6, 6.07) is 17.8. The molecule has 0 spiro atoms. The largest absolute Gasteiger partial charge is 0.399 e. The van der Waals surface area contributed by atoms with Gasteiger partial charge in [0.25, 0.3) is 5.91 Å². The Bertz CT molecular complexity index is 646. The minimum Gasteiger partial charge on any atom is -0.399 e. The molecular weight excluding hydrogens is 298 g/mol. The molecule has 2 aromatic rings. The molecule has 2 aromatic carbocycles. The average Bonchev–Trinajstić information content (AvgIpc) is 2.63. The van der Waals surface area contributed by atoms with Crippen molar-refractivity contribution in [3.63, 3.8) is 0 Å². The third-order valence-corrected chi connectivity index (χ3v) is 4.66. The van der Waals surface area contributed by atoms with Gasteiger partial charge in [0.2, 0.25) is 0 Å². The van der Waals surface area contributed by atoms with Gasteiger partial charge in [-0.2, -0.15) is 0 Å². The standard InChI is InChI=1S/C20H25N3O/c21-18-8-6-16(7-9-18)10-13-23-14-11-19(12-15-23)22-20(24)17-4-2-1-3-5-17/h1-9,19H,10-15,21H2,(H,22,24). The van der Waals surface area contributed by atoms with E-state index in [1.807, 2.05) is 42.5 Å². The number of nitrogens with one attached hydrogen (secondary N) is 1. The maximum Gasteiger partial charge on any atom is 0.251 e. The Hall–Kier alpha value is -2.33. The minimum absolute atomic E-state index is 0.0379. The Morgan fingerprint density at radius 1 is 1.04 bits per heavy atom. The van der Waals surface area contributed by atoms with Crippen molar-refractivity contribution in [2.45, 2.75) is 25.3 Å². The molecule has 3 N–H and O–H groups in total. The number of nitrogen functional groups attached to an aromatic ring is 1. The number of amides is 1. The summed E-state index contributed by atoms with van der Waals surface area (Å²) in [5, 5.41) is 3.16. The zero-order chi connectivity index (χ0) is 16.8. The van der Waals surface area contributed by atoms with Gasteiger partial charge in [0.05, 0.1) is 0 Å². The molecule has 0 bridgehead atoms. The molecule has 0 unspecified atom stereocenters. The van der Waals surface area contributed by atoms with Crippen molar-refractivity contribution in [2.75, 3.05) is 25.4 Å². The van der Waals surface area contributed by atoms with Crippen molar-refractivity contribution in [1.82, 2.24) is 10.2 Å². The molecule has 126 valence electrons. The summed E-state index contributed by atoms with van der Waals surface area (Å²) in [7, 11) is 0. The van der Waals surface area contributed by atoms with E-state index in [-0.39, 0.29) is 11.9 Å². The molecule has 1 saturated heterocycles. The van der Waals surface area contributed by atoms with E-state index < -0.39 is 0 Å². The summed E-state index contributed by atoms with van der Waals surface area (Å²) in [6.45, 7) is 3.13. The van der Waals surface area contributed by atoms with Crippen LogP contribution in [0.15, 0.2) is 54.6 Å². The van der Waals surface area contributed by atoms with Crippen molar-refractivity contribution < 1.29 is 4.79 Å². The van der Waals surface area contributed by atoms with Crippen LogP contribution in [0.25, 0.3) is 0 Å². The minimum atomic E-state index is 0.0379. The van der Waals surface area contributed by atoms with Crippen molar-refractivity contribution in [2.24, 2.45) is 0 Å². The Labute approximate surface area is 143 Å². The third-order valence-electron chi connectivity index (χ3n) is 4.66. The lowest BCUT2D eigenvalue weighted by molar-refractivity contribution is 0.0911. The molecule has 0 atom stereocenters. The SMILES string of the molecule is Nc1ccc(CCN2CCC(NC(=O)c3ccccc3)CC2)cc1. The molecule has 24 heavy (non-hydrogen) atoms. The van der Waals surface area contributed by atoms with Crippen LogP contribution in [0.3, 0.4) is 0 Å². The highest BCUT2D eigenvalue weighted by Crippen LogP contribution is 2.13. The number of carbonyl (C=O) groups excluding carboxylic acids is 1. The predicted molar refractivity (Wildman–Crippen MR) is 97.9 cm³/mol. The Balaban J connectivity index is 1.41. The number of nitrogens with two attached hydrogens (primary N) is 1. The first-order valence-corrected chi connectivity index (χ1v) is 8.63. The van der Waals surface area contributed by atoms with Gasteiger partial charge in [-0.3, -0.25) is 4.79 Å². The second-order valence-electron chi connectivity index (χ2n) is 6.45. The maximum absolute atomic E-state index is 12.2. The summed E-state index contributed by atoms with van der Waals surface area (Å²) < 4.78 is 0. The molecule has 0 saturated carbocycles. The molecule has 3 rings (SSSR count). The van der Waals surface area contributed by atoms with E-state index in [1.165, 1.54) is 5.56 Å². The first-order chi connectivity index (χ1) is 11.7. The number of hydrogen-bond donors (Lipinski definition) is 2. The number of benzene rings is 2. The van der Waals surface area contributed by atoms with Gasteiger partial charge in [-0.25, -0.2) is 0 Å². The monoisotopic (exact) mass is 323 g/mol. The highest BCUT2D eigenvalue weighted by Gasteiger charge is 2.20. The molecule has 0 radical (unpaired) electrons. The van der Waals surface area contributed by atoms with E-state index in [2.05, 4.69) is 22.3 Å². The van der Waals surface area contributed by atoms with Crippen LogP contribution in [0.1, 0.15) is 28.8 Å². The number of hydrogen-bond acceptors (Lipinski definition) is 3. The zero-order valence-electron chi connectivity index (χ0n) is 13.9. The number of nitrogens with zero attached hydrogens (tertiary/aromatic N) is 1. The van der Waals surface area contributed by atoms with Gasteiger partial charge < -0.3 is 16.0 Å². The zero-order valence-corrected chi connectivity index (χ0v) is 13.9. The molecule has 4 nitrogen and oxygen atoms in total. The van der Waals surface area contributed by atoms with Gasteiger partial charge in [-0.15, -0.1) is 0 Å². The fraction of sp³-hybridized carbons (Fsp3) is 0.350. The molecule has 4 heteroatoms. The van der Waals surface area contributed by atoms with Crippen LogP contribution in [0.5, 0.6) is 0 Å². The lowest BCUT2D eigenvalue weighted by Gasteiger charge is -2.32. The summed E-state index contributed by atoms with van der Waals surface area (Å²) in [5.74, 6) is 0.0379. The van der Waals surface area contributed by atoms with Gasteiger partial charge in [-0.1, -0.05) is 30.3 Å². The molecular formula is C20H25N3O. The van der Waals surface area contributed by atoms with E-state index in [0.29, 0.717) is 0 Å². The van der Waals surface area contributed by atoms with E-state index in [1.54, 1.807) is 0 Å². The fourth-order valence-corrected chi connectivity index (χ4v) is 3.13. The van der Waals surface area contributed by atoms with Crippen molar-refractivity contribution in [3.8, 4) is 0 Å². The van der Waals surface area contributed by atoms with Crippen LogP contribution in [-0.2, 0) is 6.42 Å². The predicted octanol–water partition coefficient (Wildman–Crippen LogP) is 2.71. The molecule has 0 aliphatic carbocycles. The van der Waals surface area contributed by atoms with Crippen LogP contribution in [0.2, 0.25) is 0 Å². The number of anilines is 1. The quantitative estimate of drug-likeness (QED) is 0.832. The van der Waals surface area contributed by atoms with Gasteiger partial charge in [0, 0.05) is 36.9 Å². The Morgan fingerprint density at radius 2 is 1.71 bits per heavy atom. The second kappa shape index (κ2) is 7.97. The van der Waals surface area contributed by atoms with E-state index >= 15 is 0 Å². The summed E-state index contributed by atoms with van der Waals surface area (Å²) >= 11 is 0. The van der Waals surface area contributed by atoms with Crippen LogP contribution < -0.4 is 11.1 Å². The van der Waals surface area contributed by atoms with Crippen LogP contribution in [-0.4, -0.2) is 36.5 Å². The molecule has 1 aliphatic heterocycles. The lowest BCUT2D eigenvalue weighted by atomic mass is 10.0. The van der Waals surface area contributed by atoms with Crippen LogP contribution in [0, 0.1) is 0 Å². The maximum atomic E-state index is 12.2. The first-order valence-electron chi connectivity index (χ1n) is 8.63. The highest BCUT2D eigenvalue weighted by atomic mass is 16.1. The van der Waals surface area contributed by atoms with Crippen molar-refractivity contribution in [3.05, 3.63) is 65.7 Å². The highest BCUT2D eigenvalue weighted by molar-refractivity contribution is 5.94. The Morgan fingerprint density at radius 3 is 2.38 bits per heavy atom. The summed E-state index contributed by atoms with van der Waals surface area (Å²) in [5.41, 5.74) is 8.59. The smallest absolute Gasteiger partial charge is 0.251 e. The summed E-state index contributed by atoms with van der Waals surface area (Å²) in [6.07, 6.45) is 3.07. The molecule has 0 aromatic heterocycles. The molecule has 1 fully saturated rings. The summed E-state index contributed by atoms with van der Waals surface area (Å²) in [4.78, 5) is 14.7. The number of piperidine rings is 1. The normalized spacial score (nSPS) is 16.0. The average molecular weight is 323 g/mol. The van der Waals surface area contributed by atoms with Gasteiger partial charge in [-0.05, 0) is 49.1 Å². The molecule has 1 amide bonds.